The largest absolute Gasteiger partial charge is 0.490 e. The van der Waals surface area contributed by atoms with Crippen LogP contribution in [0.5, 0.6) is 11.5 Å². The molecule has 4 heteroatoms. The highest BCUT2D eigenvalue weighted by atomic mass is 16.5. The molecule has 1 aromatic rings. The molecule has 0 spiro atoms. The maximum absolute atomic E-state index is 9.92. The van der Waals surface area contributed by atoms with E-state index < -0.39 is 5.54 Å². The van der Waals surface area contributed by atoms with Crippen LogP contribution in [0.4, 0.5) is 0 Å². The fourth-order valence-electron chi connectivity index (χ4n) is 3.25. The SMILES string of the molecule is CC(CO)(NC1CCCC1)c1ccc2c(c1)OCCCO2. The van der Waals surface area contributed by atoms with Gasteiger partial charge in [-0.25, -0.2) is 0 Å². The molecular weight excluding hydrogens is 266 g/mol. The van der Waals surface area contributed by atoms with Gasteiger partial charge in [0.2, 0.25) is 0 Å². The number of hydrogen-bond acceptors (Lipinski definition) is 4. The van der Waals surface area contributed by atoms with Crippen LogP contribution in [0.15, 0.2) is 18.2 Å². The second kappa shape index (κ2) is 6.24. The first-order valence-electron chi connectivity index (χ1n) is 8.00. The molecular formula is C17H25NO3. The Morgan fingerprint density at radius 2 is 1.86 bits per heavy atom. The highest BCUT2D eigenvalue weighted by Gasteiger charge is 2.31. The molecule has 0 bridgehead atoms. The van der Waals surface area contributed by atoms with Crippen molar-refractivity contribution in [1.82, 2.24) is 5.32 Å². The van der Waals surface area contributed by atoms with Crippen molar-refractivity contribution >= 4 is 0 Å². The third kappa shape index (κ3) is 3.16. The zero-order valence-corrected chi connectivity index (χ0v) is 12.7. The van der Waals surface area contributed by atoms with Gasteiger partial charge in [-0.05, 0) is 37.5 Å². The Morgan fingerprint density at radius 3 is 2.57 bits per heavy atom. The fourth-order valence-corrected chi connectivity index (χ4v) is 3.25. The van der Waals surface area contributed by atoms with Crippen molar-refractivity contribution in [3.05, 3.63) is 23.8 Å². The quantitative estimate of drug-likeness (QED) is 0.895. The summed E-state index contributed by atoms with van der Waals surface area (Å²) in [6, 6.07) is 6.50. The van der Waals surface area contributed by atoms with Crippen LogP contribution >= 0.6 is 0 Å². The van der Waals surface area contributed by atoms with Gasteiger partial charge >= 0.3 is 0 Å². The standard InChI is InChI=1S/C17H25NO3/c1-17(12-19,18-14-5-2-3-6-14)13-7-8-15-16(11-13)21-10-4-9-20-15/h7-8,11,14,18-19H,2-6,9-10,12H2,1H3. The van der Waals surface area contributed by atoms with E-state index in [4.69, 9.17) is 9.47 Å². The van der Waals surface area contributed by atoms with Crippen molar-refractivity contribution in [2.24, 2.45) is 0 Å². The van der Waals surface area contributed by atoms with Gasteiger partial charge in [-0.15, -0.1) is 0 Å². The first-order valence-corrected chi connectivity index (χ1v) is 8.00. The maximum Gasteiger partial charge on any atom is 0.161 e. The summed E-state index contributed by atoms with van der Waals surface area (Å²) < 4.78 is 11.4. The lowest BCUT2D eigenvalue weighted by Gasteiger charge is -2.33. The number of rotatable bonds is 4. The van der Waals surface area contributed by atoms with Crippen molar-refractivity contribution in [2.45, 2.75) is 50.6 Å². The van der Waals surface area contributed by atoms with E-state index in [1.165, 1.54) is 25.7 Å². The zero-order chi connectivity index (χ0) is 14.7. The monoisotopic (exact) mass is 291 g/mol. The Hall–Kier alpha value is -1.26. The molecule has 0 saturated heterocycles. The molecule has 1 atom stereocenters. The number of hydrogen-bond donors (Lipinski definition) is 2. The van der Waals surface area contributed by atoms with Crippen LogP contribution in [-0.2, 0) is 5.54 Å². The van der Waals surface area contributed by atoms with Gasteiger partial charge in [0, 0.05) is 12.5 Å². The van der Waals surface area contributed by atoms with E-state index >= 15 is 0 Å². The lowest BCUT2D eigenvalue weighted by molar-refractivity contribution is 0.161. The number of ether oxygens (including phenoxy) is 2. The predicted molar refractivity (Wildman–Crippen MR) is 81.9 cm³/mol. The highest BCUT2D eigenvalue weighted by Crippen LogP contribution is 2.35. The van der Waals surface area contributed by atoms with Gasteiger partial charge in [0.25, 0.3) is 0 Å². The van der Waals surface area contributed by atoms with E-state index in [0.29, 0.717) is 19.3 Å². The molecule has 2 aliphatic rings. The zero-order valence-electron chi connectivity index (χ0n) is 12.7. The Morgan fingerprint density at radius 1 is 1.14 bits per heavy atom. The van der Waals surface area contributed by atoms with Crippen LogP contribution in [-0.4, -0.2) is 31.0 Å². The average Bonchev–Trinajstić information content (AvgIpc) is 2.89. The van der Waals surface area contributed by atoms with Gasteiger partial charge in [-0.2, -0.15) is 0 Å². The van der Waals surface area contributed by atoms with E-state index in [1.54, 1.807) is 0 Å². The minimum absolute atomic E-state index is 0.0726. The molecule has 1 aromatic carbocycles. The van der Waals surface area contributed by atoms with Crippen LogP contribution in [0.25, 0.3) is 0 Å². The first-order chi connectivity index (χ1) is 10.2. The molecule has 1 aliphatic carbocycles. The summed E-state index contributed by atoms with van der Waals surface area (Å²) >= 11 is 0. The van der Waals surface area contributed by atoms with Gasteiger partial charge in [-0.1, -0.05) is 18.9 Å². The van der Waals surface area contributed by atoms with Gasteiger partial charge in [-0.3, -0.25) is 0 Å². The van der Waals surface area contributed by atoms with Gasteiger partial charge in [0.05, 0.1) is 25.4 Å². The van der Waals surface area contributed by atoms with Crippen LogP contribution in [0, 0.1) is 0 Å². The van der Waals surface area contributed by atoms with Gasteiger partial charge < -0.3 is 19.9 Å². The molecule has 116 valence electrons. The van der Waals surface area contributed by atoms with Crippen molar-refractivity contribution in [3.8, 4) is 11.5 Å². The molecule has 0 radical (unpaired) electrons. The van der Waals surface area contributed by atoms with Gasteiger partial charge in [0.1, 0.15) is 0 Å². The van der Waals surface area contributed by atoms with E-state index in [1.807, 2.05) is 18.2 Å². The Labute approximate surface area is 126 Å². The van der Waals surface area contributed by atoms with Gasteiger partial charge in [0.15, 0.2) is 11.5 Å². The molecule has 1 fully saturated rings. The molecule has 1 heterocycles. The highest BCUT2D eigenvalue weighted by molar-refractivity contribution is 5.45. The second-order valence-electron chi connectivity index (χ2n) is 6.33. The normalized spacial score (nSPS) is 21.8. The lowest BCUT2D eigenvalue weighted by atomic mass is 9.91. The molecule has 0 amide bonds. The number of benzene rings is 1. The number of fused-ring (bicyclic) bond motifs is 1. The Kier molecular flexibility index (Phi) is 4.36. The molecule has 1 saturated carbocycles. The topological polar surface area (TPSA) is 50.7 Å². The Bertz CT molecular complexity index is 485. The van der Waals surface area contributed by atoms with Crippen molar-refractivity contribution in [3.63, 3.8) is 0 Å². The van der Waals surface area contributed by atoms with E-state index in [2.05, 4.69) is 12.2 Å². The lowest BCUT2D eigenvalue weighted by Crippen LogP contribution is -2.47. The summed E-state index contributed by atoms with van der Waals surface area (Å²) in [5.41, 5.74) is 0.626. The van der Waals surface area contributed by atoms with Crippen LogP contribution < -0.4 is 14.8 Å². The minimum atomic E-state index is -0.431. The average molecular weight is 291 g/mol. The summed E-state index contributed by atoms with van der Waals surface area (Å²) in [7, 11) is 0. The third-order valence-corrected chi connectivity index (χ3v) is 4.58. The van der Waals surface area contributed by atoms with E-state index in [-0.39, 0.29) is 6.61 Å². The molecule has 1 unspecified atom stereocenters. The molecule has 0 aromatic heterocycles. The number of nitrogens with one attached hydrogen (secondary N) is 1. The molecule has 21 heavy (non-hydrogen) atoms. The first kappa shape index (κ1) is 14.7. The summed E-state index contributed by atoms with van der Waals surface area (Å²) in [4.78, 5) is 0. The maximum atomic E-state index is 9.92. The molecule has 3 rings (SSSR count). The van der Waals surface area contributed by atoms with Crippen molar-refractivity contribution in [1.29, 1.82) is 0 Å². The van der Waals surface area contributed by atoms with Crippen LogP contribution in [0.3, 0.4) is 0 Å². The minimum Gasteiger partial charge on any atom is -0.490 e. The smallest absolute Gasteiger partial charge is 0.161 e. The van der Waals surface area contributed by atoms with E-state index in [0.717, 1.165) is 23.5 Å². The Balaban J connectivity index is 1.83. The van der Waals surface area contributed by atoms with Crippen LogP contribution in [0.2, 0.25) is 0 Å². The number of aliphatic hydroxyl groups is 1. The summed E-state index contributed by atoms with van der Waals surface area (Å²) in [5, 5.41) is 13.6. The molecule has 1 aliphatic heterocycles. The van der Waals surface area contributed by atoms with E-state index in [9.17, 15) is 5.11 Å². The predicted octanol–water partition coefficient (Wildman–Crippen LogP) is 2.59. The summed E-state index contributed by atoms with van der Waals surface area (Å²) in [5.74, 6) is 1.59. The van der Waals surface area contributed by atoms with Crippen molar-refractivity contribution in [2.75, 3.05) is 19.8 Å². The molecule has 2 N–H and O–H groups in total. The second-order valence-corrected chi connectivity index (χ2v) is 6.33. The summed E-state index contributed by atoms with van der Waals surface area (Å²) in [6.45, 7) is 3.51. The summed E-state index contributed by atoms with van der Waals surface area (Å²) in [6.07, 6.45) is 5.85. The number of aliphatic hydroxyl groups excluding tert-OH is 1. The molecule has 4 nitrogen and oxygen atoms in total. The van der Waals surface area contributed by atoms with Crippen molar-refractivity contribution < 1.29 is 14.6 Å². The third-order valence-electron chi connectivity index (χ3n) is 4.58. The van der Waals surface area contributed by atoms with Crippen LogP contribution in [0.1, 0.15) is 44.6 Å². The fraction of sp³-hybridized carbons (Fsp3) is 0.647.